The largest absolute Gasteiger partial charge is 0.399 e. The molecule has 0 aliphatic carbocycles. The third kappa shape index (κ3) is 3.10. The molecule has 0 spiro atoms. The van der Waals surface area contributed by atoms with Crippen molar-refractivity contribution in [2.45, 2.75) is 18.2 Å². The van der Waals surface area contributed by atoms with Gasteiger partial charge in [0.1, 0.15) is 0 Å². The first-order chi connectivity index (χ1) is 8.70. The Morgan fingerprint density at radius 3 is 3.17 bits per heavy atom. The van der Waals surface area contributed by atoms with Crippen LogP contribution in [0.4, 0.5) is 11.4 Å². The van der Waals surface area contributed by atoms with Crippen molar-refractivity contribution in [3.05, 3.63) is 18.2 Å². The van der Waals surface area contributed by atoms with Crippen molar-refractivity contribution in [1.82, 2.24) is 5.32 Å². The summed E-state index contributed by atoms with van der Waals surface area (Å²) in [6, 6.07) is 5.90. The number of nitrogen functional groups attached to an aromatic ring is 1. The van der Waals surface area contributed by atoms with E-state index >= 15 is 0 Å². The molecule has 0 bridgehead atoms. The number of carbonyl (C=O) groups is 1. The molecule has 1 aliphatic rings. The van der Waals surface area contributed by atoms with Gasteiger partial charge in [0.15, 0.2) is 0 Å². The molecule has 1 heterocycles. The number of carbonyl (C=O) groups excluding carboxylic acids is 1. The van der Waals surface area contributed by atoms with Crippen LogP contribution in [-0.2, 0) is 4.79 Å². The van der Waals surface area contributed by atoms with Crippen LogP contribution in [-0.4, -0.2) is 31.3 Å². The van der Waals surface area contributed by atoms with Gasteiger partial charge in [-0.2, -0.15) is 0 Å². The SMILES string of the molecule is CCCNC(=O)CN1CCSc2ccc(N)cc21. The van der Waals surface area contributed by atoms with E-state index in [9.17, 15) is 4.79 Å². The number of nitrogens with zero attached hydrogens (tertiary/aromatic N) is 1. The van der Waals surface area contributed by atoms with Gasteiger partial charge in [0.25, 0.3) is 0 Å². The normalized spacial score (nSPS) is 14.2. The molecule has 0 fully saturated rings. The second kappa shape index (κ2) is 6.00. The predicted octanol–water partition coefficient (Wildman–Crippen LogP) is 1.71. The Morgan fingerprint density at radius 1 is 1.56 bits per heavy atom. The fourth-order valence-corrected chi connectivity index (χ4v) is 2.98. The molecule has 0 aromatic heterocycles. The molecular formula is C13H19N3OS. The topological polar surface area (TPSA) is 58.4 Å². The number of rotatable bonds is 4. The number of fused-ring (bicyclic) bond motifs is 1. The van der Waals surface area contributed by atoms with E-state index in [-0.39, 0.29) is 5.91 Å². The molecule has 3 N–H and O–H groups in total. The lowest BCUT2D eigenvalue weighted by Gasteiger charge is -2.30. The van der Waals surface area contributed by atoms with Gasteiger partial charge < -0.3 is 16.0 Å². The second-order valence-electron chi connectivity index (χ2n) is 4.35. The molecule has 0 unspecified atom stereocenters. The minimum atomic E-state index is 0.0807. The smallest absolute Gasteiger partial charge is 0.239 e. The average molecular weight is 265 g/mol. The van der Waals surface area contributed by atoms with Crippen LogP contribution >= 0.6 is 11.8 Å². The third-order valence-corrected chi connectivity index (χ3v) is 3.89. The van der Waals surface area contributed by atoms with E-state index in [1.54, 1.807) is 0 Å². The zero-order chi connectivity index (χ0) is 13.0. The van der Waals surface area contributed by atoms with Gasteiger partial charge in [0.05, 0.1) is 12.2 Å². The first-order valence-corrected chi connectivity index (χ1v) is 7.23. The van der Waals surface area contributed by atoms with Gasteiger partial charge in [-0.05, 0) is 24.6 Å². The second-order valence-corrected chi connectivity index (χ2v) is 5.48. The molecule has 0 saturated heterocycles. The summed E-state index contributed by atoms with van der Waals surface area (Å²) in [7, 11) is 0. The van der Waals surface area contributed by atoms with E-state index in [1.165, 1.54) is 4.90 Å². The van der Waals surface area contributed by atoms with Crippen LogP contribution in [0.1, 0.15) is 13.3 Å². The number of hydrogen-bond donors (Lipinski definition) is 2. The summed E-state index contributed by atoms with van der Waals surface area (Å²) < 4.78 is 0. The number of amides is 1. The molecule has 18 heavy (non-hydrogen) atoms. The molecule has 5 heteroatoms. The van der Waals surface area contributed by atoms with Crippen LogP contribution < -0.4 is 16.0 Å². The van der Waals surface area contributed by atoms with Gasteiger partial charge in [-0.25, -0.2) is 0 Å². The molecule has 98 valence electrons. The minimum Gasteiger partial charge on any atom is -0.399 e. The van der Waals surface area contributed by atoms with Crippen molar-refractivity contribution in [1.29, 1.82) is 0 Å². The van der Waals surface area contributed by atoms with Crippen molar-refractivity contribution in [2.24, 2.45) is 0 Å². The summed E-state index contributed by atoms with van der Waals surface area (Å²) in [6.45, 7) is 4.09. The van der Waals surface area contributed by atoms with E-state index in [0.29, 0.717) is 6.54 Å². The van der Waals surface area contributed by atoms with Crippen LogP contribution in [0.3, 0.4) is 0 Å². The summed E-state index contributed by atoms with van der Waals surface area (Å²) in [5.74, 6) is 1.09. The molecule has 1 aromatic carbocycles. The Bertz CT molecular complexity index is 436. The lowest BCUT2D eigenvalue weighted by atomic mass is 10.2. The quantitative estimate of drug-likeness (QED) is 0.814. The highest BCUT2D eigenvalue weighted by molar-refractivity contribution is 7.99. The Kier molecular flexibility index (Phi) is 4.36. The summed E-state index contributed by atoms with van der Waals surface area (Å²) >= 11 is 1.82. The van der Waals surface area contributed by atoms with Crippen LogP contribution in [0, 0.1) is 0 Å². The number of nitrogens with two attached hydrogens (primary N) is 1. The Balaban J connectivity index is 2.07. The number of nitrogens with one attached hydrogen (secondary N) is 1. The van der Waals surface area contributed by atoms with Gasteiger partial charge in [0, 0.05) is 29.4 Å². The lowest BCUT2D eigenvalue weighted by molar-refractivity contribution is -0.119. The van der Waals surface area contributed by atoms with Crippen LogP contribution in [0.5, 0.6) is 0 Å². The van der Waals surface area contributed by atoms with Crippen molar-refractivity contribution in [3.8, 4) is 0 Å². The van der Waals surface area contributed by atoms with Gasteiger partial charge in [-0.1, -0.05) is 6.92 Å². The fraction of sp³-hybridized carbons (Fsp3) is 0.462. The number of benzene rings is 1. The lowest BCUT2D eigenvalue weighted by Crippen LogP contribution is -2.40. The van der Waals surface area contributed by atoms with Crippen molar-refractivity contribution in [2.75, 3.05) is 36.0 Å². The number of thioether (sulfide) groups is 1. The van der Waals surface area contributed by atoms with E-state index in [4.69, 9.17) is 5.73 Å². The standard InChI is InChI=1S/C13H19N3OS/c1-2-5-15-13(17)9-16-6-7-18-12-4-3-10(14)8-11(12)16/h3-4,8H,2,5-7,9,14H2,1H3,(H,15,17). The van der Waals surface area contributed by atoms with E-state index in [1.807, 2.05) is 36.9 Å². The molecule has 1 amide bonds. The number of hydrogen-bond acceptors (Lipinski definition) is 4. The summed E-state index contributed by atoms with van der Waals surface area (Å²) in [5, 5.41) is 2.91. The summed E-state index contributed by atoms with van der Waals surface area (Å²) in [6.07, 6.45) is 0.963. The zero-order valence-corrected chi connectivity index (χ0v) is 11.4. The Labute approximate surface area is 112 Å². The Hall–Kier alpha value is -1.36. The van der Waals surface area contributed by atoms with Crippen LogP contribution in [0.2, 0.25) is 0 Å². The summed E-state index contributed by atoms with van der Waals surface area (Å²) in [4.78, 5) is 15.1. The minimum absolute atomic E-state index is 0.0807. The molecule has 1 aromatic rings. The van der Waals surface area contributed by atoms with Crippen LogP contribution in [0.15, 0.2) is 23.1 Å². The van der Waals surface area contributed by atoms with Crippen molar-refractivity contribution < 1.29 is 4.79 Å². The molecule has 4 nitrogen and oxygen atoms in total. The maximum Gasteiger partial charge on any atom is 0.239 e. The molecule has 0 saturated carbocycles. The zero-order valence-electron chi connectivity index (χ0n) is 10.6. The molecule has 0 radical (unpaired) electrons. The van der Waals surface area contributed by atoms with Gasteiger partial charge in [-0.15, -0.1) is 11.8 Å². The highest BCUT2D eigenvalue weighted by Crippen LogP contribution is 2.35. The molecular weight excluding hydrogens is 246 g/mol. The first-order valence-electron chi connectivity index (χ1n) is 6.24. The van der Waals surface area contributed by atoms with Gasteiger partial charge >= 0.3 is 0 Å². The fourth-order valence-electron chi connectivity index (χ4n) is 1.95. The first kappa shape index (κ1) is 13.1. The summed E-state index contributed by atoms with van der Waals surface area (Å²) in [5.41, 5.74) is 7.65. The van der Waals surface area contributed by atoms with Crippen molar-refractivity contribution >= 4 is 29.0 Å². The molecule has 1 aliphatic heterocycles. The maximum absolute atomic E-state index is 11.8. The molecule has 0 atom stereocenters. The average Bonchev–Trinajstić information content (AvgIpc) is 2.37. The van der Waals surface area contributed by atoms with Gasteiger partial charge in [0.2, 0.25) is 5.91 Å². The number of anilines is 2. The third-order valence-electron chi connectivity index (χ3n) is 2.85. The van der Waals surface area contributed by atoms with E-state index < -0.39 is 0 Å². The predicted molar refractivity (Wildman–Crippen MR) is 77.1 cm³/mol. The monoisotopic (exact) mass is 265 g/mol. The van der Waals surface area contributed by atoms with Crippen LogP contribution in [0.25, 0.3) is 0 Å². The maximum atomic E-state index is 11.8. The van der Waals surface area contributed by atoms with E-state index in [2.05, 4.69) is 10.2 Å². The Morgan fingerprint density at radius 2 is 2.39 bits per heavy atom. The highest BCUT2D eigenvalue weighted by atomic mass is 32.2. The highest BCUT2D eigenvalue weighted by Gasteiger charge is 2.19. The van der Waals surface area contributed by atoms with E-state index in [0.717, 1.165) is 36.6 Å². The van der Waals surface area contributed by atoms with Crippen molar-refractivity contribution in [3.63, 3.8) is 0 Å². The molecule has 2 rings (SSSR count). The van der Waals surface area contributed by atoms with Gasteiger partial charge in [-0.3, -0.25) is 4.79 Å².